The molecule has 0 aliphatic rings. The molecular formula is C11H12N4O2. The highest BCUT2D eigenvalue weighted by molar-refractivity contribution is 5.55. The van der Waals surface area contributed by atoms with Gasteiger partial charge in [0.2, 0.25) is 0 Å². The summed E-state index contributed by atoms with van der Waals surface area (Å²) in [5.41, 5.74) is 7.54. The SMILES string of the molecule is CCc1c(N)cnn1-c1ccccc1[N+](=O)[O-]. The molecule has 0 fully saturated rings. The molecule has 0 unspecified atom stereocenters. The van der Waals surface area contributed by atoms with E-state index in [4.69, 9.17) is 5.73 Å². The summed E-state index contributed by atoms with van der Waals surface area (Å²) in [6.07, 6.45) is 2.17. The first-order chi connectivity index (χ1) is 8.15. The highest BCUT2D eigenvalue weighted by Crippen LogP contribution is 2.25. The minimum Gasteiger partial charge on any atom is -0.396 e. The van der Waals surface area contributed by atoms with Crippen LogP contribution >= 0.6 is 0 Å². The van der Waals surface area contributed by atoms with E-state index in [9.17, 15) is 10.1 Å². The van der Waals surface area contributed by atoms with Gasteiger partial charge in [-0.1, -0.05) is 19.1 Å². The molecule has 17 heavy (non-hydrogen) atoms. The van der Waals surface area contributed by atoms with Crippen LogP contribution in [0.4, 0.5) is 11.4 Å². The summed E-state index contributed by atoms with van der Waals surface area (Å²) in [6, 6.07) is 6.47. The standard InChI is InChI=1S/C11H12N4O2/c1-2-9-8(12)7-13-14(9)10-5-3-4-6-11(10)15(16)17/h3-7H,2,12H2,1H3. The number of nitrogen functional groups attached to an aromatic ring is 1. The molecule has 0 amide bonds. The molecule has 2 N–H and O–H groups in total. The highest BCUT2D eigenvalue weighted by atomic mass is 16.6. The lowest BCUT2D eigenvalue weighted by Gasteiger charge is -2.06. The lowest BCUT2D eigenvalue weighted by Crippen LogP contribution is -2.05. The van der Waals surface area contributed by atoms with Crippen LogP contribution < -0.4 is 5.73 Å². The number of hydrogen-bond donors (Lipinski definition) is 1. The Bertz CT molecular complexity index is 562. The first kappa shape index (κ1) is 11.1. The number of hydrogen-bond acceptors (Lipinski definition) is 4. The predicted molar refractivity (Wildman–Crippen MR) is 64.0 cm³/mol. The number of rotatable bonds is 3. The van der Waals surface area contributed by atoms with Crippen LogP contribution in [0.2, 0.25) is 0 Å². The molecule has 1 heterocycles. The number of nitrogens with zero attached hydrogens (tertiary/aromatic N) is 3. The number of aromatic nitrogens is 2. The summed E-state index contributed by atoms with van der Waals surface area (Å²) in [4.78, 5) is 10.5. The van der Waals surface area contributed by atoms with Gasteiger partial charge in [0.1, 0.15) is 5.69 Å². The van der Waals surface area contributed by atoms with Gasteiger partial charge >= 0.3 is 0 Å². The fourth-order valence-corrected chi connectivity index (χ4v) is 1.75. The Morgan fingerprint density at radius 1 is 1.47 bits per heavy atom. The minimum absolute atomic E-state index is 0.0188. The molecule has 1 aromatic heterocycles. The van der Waals surface area contributed by atoms with E-state index in [2.05, 4.69) is 5.10 Å². The first-order valence-electron chi connectivity index (χ1n) is 5.21. The van der Waals surface area contributed by atoms with Crippen molar-refractivity contribution < 1.29 is 4.92 Å². The van der Waals surface area contributed by atoms with Crippen molar-refractivity contribution in [3.63, 3.8) is 0 Å². The zero-order valence-corrected chi connectivity index (χ0v) is 9.33. The van der Waals surface area contributed by atoms with Crippen LogP contribution in [-0.4, -0.2) is 14.7 Å². The summed E-state index contributed by atoms with van der Waals surface area (Å²) in [7, 11) is 0. The minimum atomic E-state index is -0.424. The monoisotopic (exact) mass is 232 g/mol. The van der Waals surface area contributed by atoms with E-state index < -0.39 is 4.92 Å². The van der Waals surface area contributed by atoms with E-state index >= 15 is 0 Å². The molecule has 0 bridgehead atoms. The van der Waals surface area contributed by atoms with Gasteiger partial charge in [-0.2, -0.15) is 5.10 Å². The van der Waals surface area contributed by atoms with Gasteiger partial charge in [-0.25, -0.2) is 4.68 Å². The maximum absolute atomic E-state index is 10.9. The molecule has 0 aliphatic heterocycles. The zero-order valence-electron chi connectivity index (χ0n) is 9.33. The van der Waals surface area contributed by atoms with Crippen molar-refractivity contribution in [1.82, 2.24) is 9.78 Å². The second kappa shape index (κ2) is 4.25. The van der Waals surface area contributed by atoms with Crippen LogP contribution in [0.3, 0.4) is 0 Å². The summed E-state index contributed by atoms with van der Waals surface area (Å²) < 4.78 is 1.52. The van der Waals surface area contributed by atoms with Crippen LogP contribution in [0.5, 0.6) is 0 Å². The van der Waals surface area contributed by atoms with Gasteiger partial charge in [0.25, 0.3) is 5.69 Å². The maximum Gasteiger partial charge on any atom is 0.294 e. The number of nitro groups is 1. The van der Waals surface area contributed by atoms with E-state index in [0.29, 0.717) is 17.8 Å². The number of anilines is 1. The number of para-hydroxylation sites is 2. The highest BCUT2D eigenvalue weighted by Gasteiger charge is 2.17. The molecular weight excluding hydrogens is 220 g/mol. The third-order valence-corrected chi connectivity index (χ3v) is 2.54. The van der Waals surface area contributed by atoms with Crippen molar-refractivity contribution in [3.05, 3.63) is 46.3 Å². The number of benzene rings is 1. The van der Waals surface area contributed by atoms with Crippen molar-refractivity contribution in [3.8, 4) is 5.69 Å². The molecule has 2 rings (SSSR count). The molecule has 0 aliphatic carbocycles. The molecule has 1 aromatic carbocycles. The molecule has 0 saturated carbocycles. The molecule has 0 spiro atoms. The van der Waals surface area contributed by atoms with Crippen LogP contribution in [0.1, 0.15) is 12.6 Å². The van der Waals surface area contributed by atoms with Gasteiger partial charge in [-0.05, 0) is 12.5 Å². The van der Waals surface area contributed by atoms with Gasteiger partial charge in [0.05, 0.1) is 22.5 Å². The summed E-state index contributed by atoms with van der Waals surface area (Å²) in [5, 5.41) is 15.0. The van der Waals surface area contributed by atoms with Crippen molar-refractivity contribution in [2.24, 2.45) is 0 Å². The average molecular weight is 232 g/mol. The lowest BCUT2D eigenvalue weighted by atomic mass is 10.2. The topological polar surface area (TPSA) is 87.0 Å². The Kier molecular flexibility index (Phi) is 2.78. The Labute approximate surface area is 97.8 Å². The Hall–Kier alpha value is -2.37. The van der Waals surface area contributed by atoms with Gasteiger partial charge < -0.3 is 5.73 Å². The van der Waals surface area contributed by atoms with Gasteiger partial charge in [0.15, 0.2) is 0 Å². The summed E-state index contributed by atoms with van der Waals surface area (Å²) in [6.45, 7) is 1.93. The molecule has 88 valence electrons. The van der Waals surface area contributed by atoms with Crippen molar-refractivity contribution >= 4 is 11.4 Å². The van der Waals surface area contributed by atoms with Crippen LogP contribution in [0, 0.1) is 10.1 Å². The molecule has 0 saturated heterocycles. The largest absolute Gasteiger partial charge is 0.396 e. The van der Waals surface area contributed by atoms with Gasteiger partial charge in [-0.3, -0.25) is 10.1 Å². The summed E-state index contributed by atoms with van der Waals surface area (Å²) >= 11 is 0. The molecule has 6 nitrogen and oxygen atoms in total. The normalized spacial score (nSPS) is 10.4. The predicted octanol–water partition coefficient (Wildman–Crippen LogP) is 1.93. The molecule has 0 atom stereocenters. The van der Waals surface area contributed by atoms with Crippen molar-refractivity contribution in [2.75, 3.05) is 5.73 Å². The van der Waals surface area contributed by atoms with E-state index in [1.807, 2.05) is 6.92 Å². The van der Waals surface area contributed by atoms with Crippen molar-refractivity contribution in [2.45, 2.75) is 13.3 Å². The maximum atomic E-state index is 10.9. The van der Waals surface area contributed by atoms with E-state index in [-0.39, 0.29) is 5.69 Å². The lowest BCUT2D eigenvalue weighted by molar-refractivity contribution is -0.384. The van der Waals surface area contributed by atoms with Gasteiger partial charge in [0, 0.05) is 6.07 Å². The second-order valence-corrected chi connectivity index (χ2v) is 3.56. The number of nitrogens with two attached hydrogens (primary N) is 1. The quantitative estimate of drug-likeness (QED) is 0.647. The fourth-order valence-electron chi connectivity index (χ4n) is 1.75. The number of nitro benzene ring substituents is 1. The Morgan fingerprint density at radius 2 is 2.18 bits per heavy atom. The van der Waals surface area contributed by atoms with Crippen molar-refractivity contribution in [1.29, 1.82) is 0 Å². The second-order valence-electron chi connectivity index (χ2n) is 3.56. The Morgan fingerprint density at radius 3 is 2.82 bits per heavy atom. The van der Waals surface area contributed by atoms with Crippen LogP contribution in [-0.2, 0) is 6.42 Å². The smallest absolute Gasteiger partial charge is 0.294 e. The summed E-state index contributed by atoms with van der Waals surface area (Å²) in [5.74, 6) is 0. The molecule has 0 radical (unpaired) electrons. The fraction of sp³-hybridized carbons (Fsp3) is 0.182. The van der Waals surface area contributed by atoms with E-state index in [1.165, 1.54) is 16.9 Å². The third-order valence-electron chi connectivity index (χ3n) is 2.54. The first-order valence-corrected chi connectivity index (χ1v) is 5.21. The van der Waals surface area contributed by atoms with E-state index in [0.717, 1.165) is 5.69 Å². The third kappa shape index (κ3) is 1.84. The van der Waals surface area contributed by atoms with Crippen LogP contribution in [0.25, 0.3) is 5.69 Å². The van der Waals surface area contributed by atoms with Crippen LogP contribution in [0.15, 0.2) is 30.5 Å². The van der Waals surface area contributed by atoms with E-state index in [1.54, 1.807) is 18.2 Å². The van der Waals surface area contributed by atoms with Gasteiger partial charge in [-0.15, -0.1) is 0 Å². The Balaban J connectivity index is 2.64. The molecule has 2 aromatic rings. The average Bonchev–Trinajstić information content (AvgIpc) is 2.70. The molecule has 6 heteroatoms. The zero-order chi connectivity index (χ0) is 12.4.